The van der Waals surface area contributed by atoms with Gasteiger partial charge in [-0.05, 0) is 78.3 Å². The molecule has 4 aromatic carbocycles. The zero-order chi connectivity index (χ0) is 35.6. The van der Waals surface area contributed by atoms with Gasteiger partial charge in [-0.2, -0.15) is 0 Å². The van der Waals surface area contributed by atoms with Crippen molar-refractivity contribution in [1.82, 2.24) is 10.2 Å². The third-order valence-electron chi connectivity index (χ3n) is 10.1. The lowest BCUT2D eigenvalue weighted by Gasteiger charge is -2.29. The first-order valence-corrected chi connectivity index (χ1v) is 19.1. The van der Waals surface area contributed by atoms with Crippen LogP contribution in [0.5, 0.6) is 0 Å². The maximum atomic E-state index is 14.3. The normalized spacial score (nSPS) is 18.8. The second-order valence-corrected chi connectivity index (χ2v) is 16.2. The minimum atomic E-state index is -4.04. The van der Waals surface area contributed by atoms with E-state index in [2.05, 4.69) is 5.32 Å². The number of fused-ring (bicyclic) bond motifs is 1. The van der Waals surface area contributed by atoms with Crippen molar-refractivity contribution in [2.75, 3.05) is 13.1 Å². The Balaban J connectivity index is 1.19. The molecule has 2 fully saturated rings. The molecule has 1 aliphatic heterocycles. The SMILES string of the molecule is CC[C@H](CC(=O)[C@@H]1C[C@@H](S(=O)(=O)c2ccccc2Cl)CN1C(=O)C1(c2ccc(Cl)cc2)CC1)C(=O)C(=O)NCCc1cccc2ccccc12. The number of amides is 2. The van der Waals surface area contributed by atoms with Crippen molar-refractivity contribution in [3.05, 3.63) is 112 Å². The van der Waals surface area contributed by atoms with Crippen molar-refractivity contribution in [2.24, 2.45) is 5.92 Å². The number of ketones is 2. The summed E-state index contributed by atoms with van der Waals surface area (Å²) in [5.41, 5.74) is 0.894. The van der Waals surface area contributed by atoms with E-state index in [0.29, 0.717) is 24.3 Å². The van der Waals surface area contributed by atoms with Gasteiger partial charge < -0.3 is 10.2 Å². The first-order valence-electron chi connectivity index (χ1n) is 16.8. The van der Waals surface area contributed by atoms with Crippen molar-refractivity contribution in [3.8, 4) is 0 Å². The summed E-state index contributed by atoms with van der Waals surface area (Å²) < 4.78 is 27.7. The summed E-state index contributed by atoms with van der Waals surface area (Å²) in [6, 6.07) is 25.9. The molecule has 260 valence electrons. The Morgan fingerprint density at radius 3 is 2.28 bits per heavy atom. The number of halogens is 2. The molecule has 0 unspecified atom stereocenters. The molecule has 11 heteroatoms. The van der Waals surface area contributed by atoms with Gasteiger partial charge >= 0.3 is 0 Å². The number of Topliss-reactive ketones (excluding diaryl/α,β-unsaturated/α-hetero) is 2. The van der Waals surface area contributed by atoms with Crippen molar-refractivity contribution < 1.29 is 27.6 Å². The van der Waals surface area contributed by atoms with Gasteiger partial charge in [0.1, 0.15) is 0 Å². The van der Waals surface area contributed by atoms with Crippen LogP contribution in [-0.4, -0.2) is 61.1 Å². The summed E-state index contributed by atoms with van der Waals surface area (Å²) >= 11 is 12.4. The molecule has 0 radical (unpaired) electrons. The zero-order valence-corrected chi connectivity index (χ0v) is 29.9. The number of nitrogens with zero attached hydrogens (tertiary/aromatic N) is 1. The van der Waals surface area contributed by atoms with Crippen molar-refractivity contribution in [2.45, 2.75) is 67.1 Å². The average molecular weight is 734 g/mol. The molecule has 8 nitrogen and oxygen atoms in total. The Morgan fingerprint density at radius 2 is 1.58 bits per heavy atom. The number of sulfone groups is 1. The maximum Gasteiger partial charge on any atom is 0.287 e. The highest BCUT2D eigenvalue weighted by Crippen LogP contribution is 2.51. The van der Waals surface area contributed by atoms with Crippen LogP contribution in [0.4, 0.5) is 0 Å². The summed E-state index contributed by atoms with van der Waals surface area (Å²) in [6.45, 7) is 1.76. The molecule has 3 atom stereocenters. The number of hydrogen-bond donors (Lipinski definition) is 1. The number of hydrogen-bond acceptors (Lipinski definition) is 6. The monoisotopic (exact) mass is 732 g/mol. The van der Waals surface area contributed by atoms with Gasteiger partial charge in [0.05, 0.1) is 26.6 Å². The molecule has 1 heterocycles. The summed E-state index contributed by atoms with van der Waals surface area (Å²) in [5.74, 6) is -3.20. The van der Waals surface area contributed by atoms with E-state index < -0.39 is 49.9 Å². The number of benzene rings is 4. The Kier molecular flexibility index (Phi) is 10.5. The van der Waals surface area contributed by atoms with Crippen molar-refractivity contribution >= 4 is 67.2 Å². The maximum absolute atomic E-state index is 14.3. The van der Waals surface area contributed by atoms with Gasteiger partial charge in [0.25, 0.3) is 5.91 Å². The van der Waals surface area contributed by atoms with Crippen LogP contribution in [0.25, 0.3) is 10.8 Å². The van der Waals surface area contributed by atoms with E-state index in [4.69, 9.17) is 23.2 Å². The second kappa shape index (κ2) is 14.7. The third kappa shape index (κ3) is 7.09. The highest BCUT2D eigenvalue weighted by Gasteiger charge is 2.57. The Hall–Kier alpha value is -4.05. The van der Waals surface area contributed by atoms with Crippen molar-refractivity contribution in [3.63, 3.8) is 0 Å². The van der Waals surface area contributed by atoms with Gasteiger partial charge in [-0.1, -0.05) is 96.9 Å². The van der Waals surface area contributed by atoms with Crippen LogP contribution in [0.15, 0.2) is 95.9 Å². The predicted molar refractivity (Wildman–Crippen MR) is 194 cm³/mol. The predicted octanol–water partition coefficient (Wildman–Crippen LogP) is 6.54. The molecule has 2 aliphatic rings. The number of carbonyl (C=O) groups is 4. The van der Waals surface area contributed by atoms with Crippen LogP contribution in [0.2, 0.25) is 10.0 Å². The number of carbonyl (C=O) groups excluding carboxylic acids is 4. The molecule has 1 saturated heterocycles. The van der Waals surface area contributed by atoms with Gasteiger partial charge in [0, 0.05) is 30.5 Å². The average Bonchev–Trinajstić information content (AvgIpc) is 3.80. The molecule has 1 N–H and O–H groups in total. The highest BCUT2D eigenvalue weighted by atomic mass is 35.5. The first-order chi connectivity index (χ1) is 24.0. The van der Waals surface area contributed by atoms with E-state index in [9.17, 15) is 27.6 Å². The van der Waals surface area contributed by atoms with E-state index in [-0.39, 0.29) is 48.2 Å². The molecular formula is C39H38Cl2N2O6S. The molecule has 0 spiro atoms. The summed E-state index contributed by atoms with van der Waals surface area (Å²) in [6.07, 6.45) is 1.39. The second-order valence-electron chi connectivity index (χ2n) is 13.2. The van der Waals surface area contributed by atoms with Crippen molar-refractivity contribution in [1.29, 1.82) is 0 Å². The standard InChI is InChI=1S/C39H38Cl2N2O6S/c1-2-25(36(45)37(46)42-21-18-27-10-7-9-26-8-3-4-11-31(26)27)22-34(44)33-23-30(50(48,49)35-13-6-5-12-32(35)41)24-43(33)38(47)39(19-20-39)28-14-16-29(40)17-15-28/h3-17,25,30,33H,2,18-24H2,1H3,(H,42,46)/t25-,30-,33+/m1/s1. The van der Waals surface area contributed by atoms with Crippen LogP contribution in [0, 0.1) is 5.92 Å². The van der Waals surface area contributed by atoms with E-state index in [1.165, 1.54) is 17.0 Å². The number of likely N-dealkylation sites (tertiary alicyclic amines) is 1. The van der Waals surface area contributed by atoms with E-state index >= 15 is 0 Å². The third-order valence-corrected chi connectivity index (χ3v) is 13.0. The topological polar surface area (TPSA) is 118 Å². The number of nitrogens with one attached hydrogen (secondary N) is 1. The lowest BCUT2D eigenvalue weighted by molar-refractivity contribution is -0.143. The summed E-state index contributed by atoms with van der Waals surface area (Å²) in [4.78, 5) is 56.1. The van der Waals surface area contributed by atoms with Crippen LogP contribution in [-0.2, 0) is 40.9 Å². The molecule has 6 rings (SSSR count). The van der Waals surface area contributed by atoms with Gasteiger partial charge in [0.2, 0.25) is 11.7 Å². The zero-order valence-electron chi connectivity index (χ0n) is 27.6. The molecule has 0 aromatic heterocycles. The van der Waals surface area contributed by atoms with Gasteiger partial charge in [-0.25, -0.2) is 8.42 Å². The Labute approximate surface area is 302 Å². The molecular weight excluding hydrogens is 695 g/mol. The van der Waals surface area contributed by atoms with Crippen LogP contribution in [0.3, 0.4) is 0 Å². The van der Waals surface area contributed by atoms with E-state index in [1.54, 1.807) is 43.3 Å². The first kappa shape index (κ1) is 35.8. The van der Waals surface area contributed by atoms with Gasteiger partial charge in [0.15, 0.2) is 15.6 Å². The van der Waals surface area contributed by atoms with Gasteiger partial charge in [-0.3, -0.25) is 19.2 Å². The fraction of sp³-hybridized carbons (Fsp3) is 0.333. The Bertz CT molecular complexity index is 2060. The quantitative estimate of drug-likeness (QED) is 0.156. The fourth-order valence-corrected chi connectivity index (χ4v) is 9.44. The molecule has 50 heavy (non-hydrogen) atoms. The summed E-state index contributed by atoms with van der Waals surface area (Å²) in [7, 11) is -4.04. The smallest absolute Gasteiger partial charge is 0.287 e. The Morgan fingerprint density at radius 1 is 0.900 bits per heavy atom. The summed E-state index contributed by atoms with van der Waals surface area (Å²) in [5, 5.41) is 4.36. The number of rotatable bonds is 13. The van der Waals surface area contributed by atoms with Crippen LogP contribution >= 0.6 is 23.2 Å². The molecule has 4 aromatic rings. The lowest BCUT2D eigenvalue weighted by Crippen LogP contribution is -2.47. The molecule has 1 saturated carbocycles. The molecule has 0 bridgehead atoms. The highest BCUT2D eigenvalue weighted by molar-refractivity contribution is 7.92. The fourth-order valence-electron chi connectivity index (χ4n) is 7.10. The minimum Gasteiger partial charge on any atom is -0.349 e. The molecule has 2 amide bonds. The van der Waals surface area contributed by atoms with Crippen LogP contribution in [0.1, 0.15) is 50.2 Å². The lowest BCUT2D eigenvalue weighted by atomic mass is 9.90. The minimum absolute atomic E-state index is 0.0584. The van der Waals surface area contributed by atoms with Gasteiger partial charge in [-0.15, -0.1) is 0 Å². The van der Waals surface area contributed by atoms with E-state index in [0.717, 1.165) is 21.9 Å². The van der Waals surface area contributed by atoms with Crippen LogP contribution < -0.4 is 5.32 Å². The van der Waals surface area contributed by atoms with E-state index in [1.807, 2.05) is 42.5 Å². The molecule has 1 aliphatic carbocycles. The largest absolute Gasteiger partial charge is 0.349 e.